The van der Waals surface area contributed by atoms with Crippen molar-refractivity contribution in [3.8, 4) is 6.07 Å². The van der Waals surface area contributed by atoms with Crippen LogP contribution in [0.3, 0.4) is 0 Å². The average Bonchev–Trinajstić information content (AvgIpc) is 2.36. The van der Waals surface area contributed by atoms with Gasteiger partial charge in [-0.25, -0.2) is 9.67 Å². The first-order valence-corrected chi connectivity index (χ1v) is 3.12. The first-order chi connectivity index (χ1) is 4.88. The number of rotatable bonds is 2. The fourth-order valence-corrected chi connectivity index (χ4v) is 0.760. The number of nitrogens with zero attached hydrogens (tertiary/aromatic N) is 4. The number of nitriles is 1. The molecule has 0 aliphatic rings. The minimum Gasteiger partial charge on any atom is -0.249 e. The largest absolute Gasteiger partial charge is 0.249 e. The maximum Gasteiger partial charge on any atom is 0.141 e. The van der Waals surface area contributed by atoms with Crippen molar-refractivity contribution in [1.29, 1.82) is 5.26 Å². The van der Waals surface area contributed by atoms with Gasteiger partial charge in [0.2, 0.25) is 0 Å². The van der Waals surface area contributed by atoms with Gasteiger partial charge in [-0.1, -0.05) is 0 Å². The van der Waals surface area contributed by atoms with Crippen molar-refractivity contribution in [2.75, 3.05) is 0 Å². The fraction of sp³-hybridized carbons (Fsp3) is 0.500. The van der Waals surface area contributed by atoms with Gasteiger partial charge in [0, 0.05) is 6.54 Å². The van der Waals surface area contributed by atoms with Gasteiger partial charge in [0.15, 0.2) is 0 Å². The predicted molar refractivity (Wildman–Crippen MR) is 35.0 cm³/mol. The van der Waals surface area contributed by atoms with E-state index in [2.05, 4.69) is 10.1 Å². The lowest BCUT2D eigenvalue weighted by Gasteiger charge is -1.95. The van der Waals surface area contributed by atoms with Crippen molar-refractivity contribution < 1.29 is 0 Å². The van der Waals surface area contributed by atoms with Gasteiger partial charge in [0.1, 0.15) is 12.2 Å². The molecular weight excluding hydrogens is 128 g/mol. The SMILES string of the molecule is CCn1ncnc1CC#N. The molecule has 1 aromatic heterocycles. The Morgan fingerprint density at radius 2 is 2.60 bits per heavy atom. The van der Waals surface area contributed by atoms with E-state index in [0.717, 1.165) is 12.4 Å². The Bertz CT molecular complexity index is 244. The van der Waals surface area contributed by atoms with Gasteiger partial charge in [-0.2, -0.15) is 10.4 Å². The monoisotopic (exact) mass is 136 g/mol. The van der Waals surface area contributed by atoms with Crippen molar-refractivity contribution in [3.63, 3.8) is 0 Å². The Labute approximate surface area is 59.1 Å². The molecule has 1 rings (SSSR count). The van der Waals surface area contributed by atoms with E-state index in [1.165, 1.54) is 6.33 Å². The molecule has 0 radical (unpaired) electrons. The highest BCUT2D eigenvalue weighted by Gasteiger charge is 1.98. The summed E-state index contributed by atoms with van der Waals surface area (Å²) in [5.41, 5.74) is 0. The highest BCUT2D eigenvalue weighted by molar-refractivity contribution is 4.93. The van der Waals surface area contributed by atoms with Gasteiger partial charge < -0.3 is 0 Å². The van der Waals surface area contributed by atoms with Crippen LogP contribution >= 0.6 is 0 Å². The first kappa shape index (κ1) is 6.75. The van der Waals surface area contributed by atoms with Gasteiger partial charge in [-0.05, 0) is 6.92 Å². The highest BCUT2D eigenvalue weighted by atomic mass is 15.3. The molecule has 0 N–H and O–H groups in total. The lowest BCUT2D eigenvalue weighted by atomic mass is 10.4. The van der Waals surface area contributed by atoms with Crippen LogP contribution in [0, 0.1) is 11.3 Å². The summed E-state index contributed by atoms with van der Waals surface area (Å²) in [5, 5.41) is 12.2. The predicted octanol–water partition coefficient (Wildman–Crippen LogP) is 0.364. The zero-order chi connectivity index (χ0) is 7.40. The normalized spacial score (nSPS) is 9.20. The molecular formula is C6H8N4. The Hall–Kier alpha value is -1.37. The molecule has 0 unspecified atom stereocenters. The van der Waals surface area contributed by atoms with E-state index >= 15 is 0 Å². The van der Waals surface area contributed by atoms with Gasteiger partial charge in [0.25, 0.3) is 0 Å². The molecule has 4 nitrogen and oxygen atoms in total. The molecule has 0 saturated carbocycles. The third-order valence-electron chi connectivity index (χ3n) is 1.23. The molecule has 0 fully saturated rings. The lowest BCUT2D eigenvalue weighted by molar-refractivity contribution is 0.627. The maximum absolute atomic E-state index is 8.33. The van der Waals surface area contributed by atoms with Crippen LogP contribution in [0.5, 0.6) is 0 Å². The first-order valence-electron chi connectivity index (χ1n) is 3.12. The van der Waals surface area contributed by atoms with Crippen LogP contribution in [0.4, 0.5) is 0 Å². The van der Waals surface area contributed by atoms with E-state index in [4.69, 9.17) is 5.26 Å². The summed E-state index contributed by atoms with van der Waals surface area (Å²) in [5.74, 6) is 0.741. The molecule has 1 aromatic rings. The van der Waals surface area contributed by atoms with Crippen LogP contribution in [0.1, 0.15) is 12.7 Å². The minimum absolute atomic E-state index is 0.341. The summed E-state index contributed by atoms with van der Waals surface area (Å²) >= 11 is 0. The maximum atomic E-state index is 8.33. The van der Waals surface area contributed by atoms with E-state index in [9.17, 15) is 0 Å². The molecule has 0 atom stereocenters. The molecule has 4 heteroatoms. The molecule has 0 bridgehead atoms. The van der Waals surface area contributed by atoms with Crippen molar-refractivity contribution in [3.05, 3.63) is 12.2 Å². The standard InChI is InChI=1S/C6H8N4/c1-2-10-6(3-4-7)8-5-9-10/h5H,2-3H2,1H3. The van der Waals surface area contributed by atoms with Crippen molar-refractivity contribution in [2.24, 2.45) is 0 Å². The van der Waals surface area contributed by atoms with E-state index in [1.54, 1.807) is 4.68 Å². The quantitative estimate of drug-likeness (QED) is 0.590. The number of aromatic nitrogens is 3. The molecule has 52 valence electrons. The van der Waals surface area contributed by atoms with E-state index < -0.39 is 0 Å². The minimum atomic E-state index is 0.341. The summed E-state index contributed by atoms with van der Waals surface area (Å²) in [6.45, 7) is 2.74. The Kier molecular flexibility index (Phi) is 2.00. The van der Waals surface area contributed by atoms with Crippen LogP contribution in [0.15, 0.2) is 6.33 Å². The lowest BCUT2D eigenvalue weighted by Crippen LogP contribution is -2.02. The Morgan fingerprint density at radius 1 is 1.80 bits per heavy atom. The zero-order valence-electron chi connectivity index (χ0n) is 5.78. The molecule has 0 aromatic carbocycles. The summed E-state index contributed by atoms with van der Waals surface area (Å²) in [6, 6.07) is 2.02. The number of aryl methyl sites for hydroxylation is 1. The Balaban J connectivity index is 2.82. The summed E-state index contributed by atoms with van der Waals surface area (Å²) in [4.78, 5) is 3.91. The average molecular weight is 136 g/mol. The summed E-state index contributed by atoms with van der Waals surface area (Å²) in [7, 11) is 0. The van der Waals surface area contributed by atoms with Crippen molar-refractivity contribution >= 4 is 0 Å². The van der Waals surface area contributed by atoms with E-state index in [-0.39, 0.29) is 0 Å². The van der Waals surface area contributed by atoms with Crippen molar-refractivity contribution in [1.82, 2.24) is 14.8 Å². The zero-order valence-corrected chi connectivity index (χ0v) is 5.78. The molecule has 1 heterocycles. The van der Waals surface area contributed by atoms with Gasteiger partial charge in [0.05, 0.1) is 12.5 Å². The smallest absolute Gasteiger partial charge is 0.141 e. The van der Waals surface area contributed by atoms with E-state index in [0.29, 0.717) is 6.42 Å². The topological polar surface area (TPSA) is 54.5 Å². The van der Waals surface area contributed by atoms with Gasteiger partial charge in [-0.15, -0.1) is 0 Å². The Morgan fingerprint density at radius 3 is 3.20 bits per heavy atom. The molecule has 0 aliphatic heterocycles. The molecule has 0 amide bonds. The number of hydrogen-bond acceptors (Lipinski definition) is 3. The van der Waals surface area contributed by atoms with E-state index in [1.807, 2.05) is 13.0 Å². The molecule has 0 spiro atoms. The summed E-state index contributed by atoms with van der Waals surface area (Å²) < 4.78 is 1.71. The van der Waals surface area contributed by atoms with Crippen LogP contribution < -0.4 is 0 Å². The van der Waals surface area contributed by atoms with Crippen molar-refractivity contribution in [2.45, 2.75) is 19.9 Å². The summed E-state index contributed by atoms with van der Waals surface area (Å²) in [6.07, 6.45) is 1.81. The van der Waals surface area contributed by atoms with Gasteiger partial charge >= 0.3 is 0 Å². The molecule has 0 saturated heterocycles. The van der Waals surface area contributed by atoms with Gasteiger partial charge in [-0.3, -0.25) is 0 Å². The molecule has 10 heavy (non-hydrogen) atoms. The highest BCUT2D eigenvalue weighted by Crippen LogP contribution is 1.92. The van der Waals surface area contributed by atoms with Crippen LogP contribution in [0.25, 0.3) is 0 Å². The third kappa shape index (κ3) is 1.13. The third-order valence-corrected chi connectivity index (χ3v) is 1.23. The second-order valence-electron chi connectivity index (χ2n) is 1.83. The van der Waals surface area contributed by atoms with Crippen LogP contribution in [-0.4, -0.2) is 14.8 Å². The second-order valence-corrected chi connectivity index (χ2v) is 1.83. The fourth-order valence-electron chi connectivity index (χ4n) is 0.760. The number of hydrogen-bond donors (Lipinski definition) is 0. The van der Waals surface area contributed by atoms with Crippen LogP contribution in [-0.2, 0) is 13.0 Å². The molecule has 0 aliphatic carbocycles. The second kappa shape index (κ2) is 2.97. The van der Waals surface area contributed by atoms with Crippen LogP contribution in [0.2, 0.25) is 0 Å².